The number of halogens is 1. The van der Waals surface area contributed by atoms with Gasteiger partial charge in [0.25, 0.3) is 0 Å². The molecule has 2 aromatic carbocycles. The molecule has 0 aliphatic heterocycles. The molecule has 0 unspecified atom stereocenters. The van der Waals surface area contributed by atoms with E-state index in [9.17, 15) is 4.79 Å². The highest BCUT2D eigenvalue weighted by Gasteiger charge is 2.16. The second-order valence-corrected chi connectivity index (χ2v) is 4.90. The molecule has 0 bridgehead atoms. The van der Waals surface area contributed by atoms with Crippen LogP contribution in [0.1, 0.15) is 21.5 Å². The fourth-order valence-corrected chi connectivity index (χ4v) is 2.17. The summed E-state index contributed by atoms with van der Waals surface area (Å²) in [6, 6.07) is 13.0. The van der Waals surface area contributed by atoms with Gasteiger partial charge in [0, 0.05) is 10.0 Å². The topological polar surface area (TPSA) is 26.3 Å². The van der Waals surface area contributed by atoms with Crippen LogP contribution in [-0.2, 0) is 0 Å². The van der Waals surface area contributed by atoms with Gasteiger partial charge in [0.05, 0.1) is 12.7 Å². The van der Waals surface area contributed by atoms with Crippen LogP contribution in [0.5, 0.6) is 5.75 Å². The zero-order chi connectivity index (χ0) is 13.1. The summed E-state index contributed by atoms with van der Waals surface area (Å²) in [7, 11) is 1.57. The fourth-order valence-electron chi connectivity index (χ4n) is 1.83. The van der Waals surface area contributed by atoms with Gasteiger partial charge in [-0.1, -0.05) is 40.2 Å². The van der Waals surface area contributed by atoms with Gasteiger partial charge in [-0.15, -0.1) is 0 Å². The zero-order valence-electron chi connectivity index (χ0n) is 10.2. The van der Waals surface area contributed by atoms with Gasteiger partial charge < -0.3 is 4.74 Å². The minimum atomic E-state index is -0.0162. The predicted molar refractivity (Wildman–Crippen MR) is 75.3 cm³/mol. The molecule has 2 rings (SSSR count). The third-order valence-electron chi connectivity index (χ3n) is 2.80. The molecule has 0 heterocycles. The lowest BCUT2D eigenvalue weighted by molar-refractivity contribution is 0.103. The first-order valence-electron chi connectivity index (χ1n) is 5.57. The molecule has 0 saturated carbocycles. The predicted octanol–water partition coefficient (Wildman–Crippen LogP) is 4.00. The number of rotatable bonds is 3. The maximum atomic E-state index is 12.5. The number of ether oxygens (including phenoxy) is 1. The van der Waals surface area contributed by atoms with Crippen molar-refractivity contribution in [3.63, 3.8) is 0 Å². The number of benzene rings is 2. The molecule has 0 spiro atoms. The minimum Gasteiger partial charge on any atom is -0.496 e. The van der Waals surface area contributed by atoms with E-state index in [4.69, 9.17) is 4.74 Å². The molecule has 0 saturated heterocycles. The summed E-state index contributed by atoms with van der Waals surface area (Å²) in [5.41, 5.74) is 2.25. The lowest BCUT2D eigenvalue weighted by atomic mass is 9.98. The number of hydrogen-bond donors (Lipinski definition) is 0. The van der Waals surface area contributed by atoms with Crippen molar-refractivity contribution in [1.82, 2.24) is 0 Å². The van der Waals surface area contributed by atoms with Crippen LogP contribution in [0.2, 0.25) is 0 Å². The fraction of sp³-hybridized carbons (Fsp3) is 0.133. The lowest BCUT2D eigenvalue weighted by Crippen LogP contribution is -2.05. The van der Waals surface area contributed by atoms with Crippen LogP contribution in [0.15, 0.2) is 46.9 Å². The Morgan fingerprint density at radius 3 is 2.50 bits per heavy atom. The van der Waals surface area contributed by atoms with Crippen LogP contribution >= 0.6 is 15.9 Å². The molecule has 92 valence electrons. The van der Waals surface area contributed by atoms with E-state index in [0.29, 0.717) is 16.9 Å². The van der Waals surface area contributed by atoms with Gasteiger partial charge in [0.2, 0.25) is 0 Å². The van der Waals surface area contributed by atoms with E-state index in [2.05, 4.69) is 15.9 Å². The van der Waals surface area contributed by atoms with Crippen LogP contribution in [0.4, 0.5) is 0 Å². The van der Waals surface area contributed by atoms with Crippen LogP contribution in [0.25, 0.3) is 0 Å². The largest absolute Gasteiger partial charge is 0.496 e. The highest BCUT2D eigenvalue weighted by Crippen LogP contribution is 2.26. The van der Waals surface area contributed by atoms with E-state index in [-0.39, 0.29) is 5.78 Å². The molecule has 0 aliphatic carbocycles. The van der Waals surface area contributed by atoms with Gasteiger partial charge in [0.1, 0.15) is 5.75 Å². The highest BCUT2D eigenvalue weighted by atomic mass is 79.9. The van der Waals surface area contributed by atoms with Crippen molar-refractivity contribution in [2.45, 2.75) is 6.92 Å². The molecule has 0 radical (unpaired) electrons. The van der Waals surface area contributed by atoms with Crippen molar-refractivity contribution < 1.29 is 9.53 Å². The van der Waals surface area contributed by atoms with Crippen LogP contribution in [0, 0.1) is 6.92 Å². The van der Waals surface area contributed by atoms with Crippen LogP contribution in [-0.4, -0.2) is 12.9 Å². The molecule has 0 amide bonds. The quantitative estimate of drug-likeness (QED) is 0.801. The molecule has 2 aromatic rings. The third-order valence-corrected chi connectivity index (χ3v) is 3.29. The monoisotopic (exact) mass is 304 g/mol. The summed E-state index contributed by atoms with van der Waals surface area (Å²) in [5, 5.41) is 0. The van der Waals surface area contributed by atoms with Gasteiger partial charge in [-0.2, -0.15) is 0 Å². The van der Waals surface area contributed by atoms with E-state index in [1.807, 2.05) is 37.3 Å². The summed E-state index contributed by atoms with van der Waals surface area (Å²) in [6.07, 6.45) is 0. The average molecular weight is 305 g/mol. The Kier molecular flexibility index (Phi) is 3.82. The normalized spacial score (nSPS) is 10.2. The standard InChI is InChI=1S/C15H13BrO2/c1-10-5-3-4-6-12(10)15(17)13-8-7-11(16)9-14(13)18-2/h3-9H,1-2H3. The summed E-state index contributed by atoms with van der Waals surface area (Å²) >= 11 is 3.37. The maximum Gasteiger partial charge on any atom is 0.197 e. The van der Waals surface area contributed by atoms with Gasteiger partial charge in [-0.3, -0.25) is 4.79 Å². The van der Waals surface area contributed by atoms with E-state index >= 15 is 0 Å². The van der Waals surface area contributed by atoms with Crippen molar-refractivity contribution >= 4 is 21.7 Å². The van der Waals surface area contributed by atoms with Crippen molar-refractivity contribution in [3.05, 3.63) is 63.6 Å². The molecular weight excluding hydrogens is 292 g/mol. The van der Waals surface area contributed by atoms with E-state index < -0.39 is 0 Å². The summed E-state index contributed by atoms with van der Waals surface area (Å²) in [6.45, 7) is 1.93. The first-order valence-corrected chi connectivity index (χ1v) is 6.36. The van der Waals surface area contributed by atoms with Gasteiger partial charge >= 0.3 is 0 Å². The van der Waals surface area contributed by atoms with E-state index in [1.165, 1.54) is 0 Å². The molecule has 0 aliphatic rings. The van der Waals surface area contributed by atoms with E-state index in [0.717, 1.165) is 10.0 Å². The third kappa shape index (κ3) is 2.46. The van der Waals surface area contributed by atoms with E-state index in [1.54, 1.807) is 19.2 Å². The van der Waals surface area contributed by atoms with Crippen molar-refractivity contribution in [2.24, 2.45) is 0 Å². The molecule has 18 heavy (non-hydrogen) atoms. The number of ketones is 1. The SMILES string of the molecule is COc1cc(Br)ccc1C(=O)c1ccccc1C. The summed E-state index contributed by atoms with van der Waals surface area (Å²) in [5.74, 6) is 0.565. The Labute approximate surface area is 115 Å². The summed E-state index contributed by atoms with van der Waals surface area (Å²) < 4.78 is 6.15. The number of hydrogen-bond acceptors (Lipinski definition) is 2. The van der Waals surface area contributed by atoms with Crippen molar-refractivity contribution in [2.75, 3.05) is 7.11 Å². The van der Waals surface area contributed by atoms with Gasteiger partial charge in [-0.25, -0.2) is 0 Å². The van der Waals surface area contributed by atoms with Crippen molar-refractivity contribution in [1.29, 1.82) is 0 Å². The molecule has 3 heteroatoms. The lowest BCUT2D eigenvalue weighted by Gasteiger charge is -2.09. The van der Waals surface area contributed by atoms with Gasteiger partial charge in [0.15, 0.2) is 5.78 Å². The minimum absolute atomic E-state index is 0.0162. The number of methoxy groups -OCH3 is 1. The number of carbonyl (C=O) groups is 1. The van der Waals surface area contributed by atoms with Gasteiger partial charge in [-0.05, 0) is 30.7 Å². The van der Waals surface area contributed by atoms with Crippen LogP contribution in [0.3, 0.4) is 0 Å². The molecule has 0 N–H and O–H groups in total. The highest BCUT2D eigenvalue weighted by molar-refractivity contribution is 9.10. The van der Waals surface area contributed by atoms with Crippen molar-refractivity contribution in [3.8, 4) is 5.75 Å². The average Bonchev–Trinajstić information content (AvgIpc) is 2.38. The first kappa shape index (κ1) is 12.8. The Morgan fingerprint density at radius 1 is 1.11 bits per heavy atom. The maximum absolute atomic E-state index is 12.5. The second-order valence-electron chi connectivity index (χ2n) is 3.99. The molecular formula is C15H13BrO2. The molecule has 0 aromatic heterocycles. The molecule has 0 fully saturated rings. The molecule has 2 nitrogen and oxygen atoms in total. The Morgan fingerprint density at radius 2 is 1.83 bits per heavy atom. The smallest absolute Gasteiger partial charge is 0.197 e. The summed E-state index contributed by atoms with van der Waals surface area (Å²) in [4.78, 5) is 12.5. The number of carbonyl (C=O) groups excluding carboxylic acids is 1. The zero-order valence-corrected chi connectivity index (χ0v) is 11.8. The van der Waals surface area contributed by atoms with Crippen LogP contribution < -0.4 is 4.74 Å². The second kappa shape index (κ2) is 5.36. The Bertz CT molecular complexity index is 591. The Hall–Kier alpha value is -1.61. The Balaban J connectivity index is 2.50. The molecule has 0 atom stereocenters. The number of aryl methyl sites for hydroxylation is 1. The first-order chi connectivity index (χ1) is 8.63.